The van der Waals surface area contributed by atoms with Crippen LogP contribution in [0.15, 0.2) is 30.5 Å². The summed E-state index contributed by atoms with van der Waals surface area (Å²) in [5.74, 6) is 0.294. The number of benzene rings is 1. The molecule has 6 nitrogen and oxygen atoms in total. The Kier molecular flexibility index (Phi) is 4.18. The standard InChI is InChI=1S/C16H18N4O2/c1-11-6-5-7-13(8-11)20-14(12(9-17)10-18-20)19-15(21)22-16(2,3)4/h5-8,10H,1-4H3,(H,19,21). The average Bonchev–Trinajstić information content (AvgIpc) is 2.79. The average molecular weight is 298 g/mol. The fraction of sp³-hybridized carbons (Fsp3) is 0.312. The van der Waals surface area contributed by atoms with Crippen molar-refractivity contribution in [2.45, 2.75) is 33.3 Å². The van der Waals surface area contributed by atoms with Crippen LogP contribution in [0.3, 0.4) is 0 Å². The number of aromatic nitrogens is 2. The molecule has 0 saturated heterocycles. The summed E-state index contributed by atoms with van der Waals surface area (Å²) in [6.07, 6.45) is 0.785. The van der Waals surface area contributed by atoms with Crippen LogP contribution in [0.25, 0.3) is 5.69 Å². The molecule has 2 rings (SSSR count). The van der Waals surface area contributed by atoms with Gasteiger partial charge in [0.25, 0.3) is 0 Å². The van der Waals surface area contributed by atoms with Crippen LogP contribution in [-0.4, -0.2) is 21.5 Å². The maximum atomic E-state index is 12.0. The maximum Gasteiger partial charge on any atom is 0.413 e. The van der Waals surface area contributed by atoms with Gasteiger partial charge in [-0.2, -0.15) is 10.4 Å². The molecule has 2 aromatic rings. The van der Waals surface area contributed by atoms with Crippen LogP contribution in [0.1, 0.15) is 31.9 Å². The van der Waals surface area contributed by atoms with Gasteiger partial charge < -0.3 is 4.74 Å². The van der Waals surface area contributed by atoms with Gasteiger partial charge in [-0.3, -0.25) is 5.32 Å². The molecule has 1 aromatic heterocycles. The van der Waals surface area contributed by atoms with Gasteiger partial charge in [-0.1, -0.05) is 12.1 Å². The first-order chi connectivity index (χ1) is 10.3. The number of hydrogen-bond donors (Lipinski definition) is 1. The van der Waals surface area contributed by atoms with E-state index in [1.165, 1.54) is 10.9 Å². The fourth-order valence-electron chi connectivity index (χ4n) is 1.91. The molecule has 0 spiro atoms. The number of nitrogens with zero attached hydrogens (tertiary/aromatic N) is 3. The number of amides is 1. The number of rotatable bonds is 2. The van der Waals surface area contributed by atoms with E-state index in [1.807, 2.05) is 37.3 Å². The zero-order valence-corrected chi connectivity index (χ0v) is 13.0. The summed E-state index contributed by atoms with van der Waals surface area (Å²) in [7, 11) is 0. The summed E-state index contributed by atoms with van der Waals surface area (Å²) in [5.41, 5.74) is 1.46. The van der Waals surface area contributed by atoms with Crippen LogP contribution in [0.5, 0.6) is 0 Å². The second-order valence-electron chi connectivity index (χ2n) is 5.90. The highest BCUT2D eigenvalue weighted by atomic mass is 16.6. The van der Waals surface area contributed by atoms with Crippen LogP contribution < -0.4 is 5.32 Å². The van der Waals surface area contributed by atoms with Crippen LogP contribution in [-0.2, 0) is 4.74 Å². The fourth-order valence-corrected chi connectivity index (χ4v) is 1.91. The topological polar surface area (TPSA) is 79.9 Å². The summed E-state index contributed by atoms with van der Waals surface area (Å²) in [5, 5.41) is 16.0. The lowest BCUT2D eigenvalue weighted by Crippen LogP contribution is -2.28. The number of carbonyl (C=O) groups excluding carboxylic acids is 1. The van der Waals surface area contributed by atoms with E-state index in [2.05, 4.69) is 10.4 Å². The molecule has 0 aliphatic rings. The summed E-state index contributed by atoms with van der Waals surface area (Å²) in [6.45, 7) is 7.28. The monoisotopic (exact) mass is 298 g/mol. The number of nitrogens with one attached hydrogen (secondary N) is 1. The van der Waals surface area contributed by atoms with Crippen molar-refractivity contribution in [3.63, 3.8) is 0 Å². The van der Waals surface area contributed by atoms with Crippen molar-refractivity contribution in [2.75, 3.05) is 5.32 Å². The first-order valence-electron chi connectivity index (χ1n) is 6.85. The first kappa shape index (κ1) is 15.6. The molecule has 1 amide bonds. The Morgan fingerprint density at radius 3 is 2.73 bits per heavy atom. The van der Waals surface area contributed by atoms with Gasteiger partial charge in [0, 0.05) is 0 Å². The predicted octanol–water partition coefficient (Wildman–Crippen LogP) is 3.40. The molecule has 114 valence electrons. The number of ether oxygens (including phenoxy) is 1. The smallest absolute Gasteiger partial charge is 0.413 e. The van der Waals surface area contributed by atoms with Crippen LogP contribution in [0.4, 0.5) is 10.6 Å². The number of hydrogen-bond acceptors (Lipinski definition) is 4. The van der Waals surface area contributed by atoms with Gasteiger partial charge in [0.2, 0.25) is 0 Å². The molecule has 1 aromatic carbocycles. The number of anilines is 1. The zero-order valence-electron chi connectivity index (χ0n) is 13.0. The Balaban J connectivity index is 2.36. The Morgan fingerprint density at radius 2 is 2.14 bits per heavy atom. The van der Waals surface area contributed by atoms with Gasteiger partial charge in [0.05, 0.1) is 11.9 Å². The third-order valence-electron chi connectivity index (χ3n) is 2.76. The zero-order chi connectivity index (χ0) is 16.3. The van der Waals surface area contributed by atoms with Crippen LogP contribution in [0, 0.1) is 18.3 Å². The molecule has 1 N–H and O–H groups in total. The summed E-state index contributed by atoms with van der Waals surface area (Å²) in [6, 6.07) is 9.62. The van der Waals surface area contributed by atoms with E-state index in [9.17, 15) is 10.1 Å². The van der Waals surface area contributed by atoms with Crippen molar-refractivity contribution in [1.82, 2.24) is 9.78 Å². The molecular formula is C16H18N4O2. The Bertz CT molecular complexity index is 735. The molecule has 0 radical (unpaired) electrons. The molecule has 1 heterocycles. The minimum absolute atomic E-state index is 0.271. The lowest BCUT2D eigenvalue weighted by Gasteiger charge is -2.20. The van der Waals surface area contributed by atoms with Crippen molar-refractivity contribution in [3.8, 4) is 11.8 Å². The second-order valence-corrected chi connectivity index (χ2v) is 5.90. The van der Waals surface area contributed by atoms with E-state index < -0.39 is 11.7 Å². The van der Waals surface area contributed by atoms with E-state index in [0.29, 0.717) is 5.82 Å². The molecule has 0 saturated carbocycles. The normalized spacial score (nSPS) is 10.9. The van der Waals surface area contributed by atoms with E-state index in [1.54, 1.807) is 20.8 Å². The van der Waals surface area contributed by atoms with Crippen molar-refractivity contribution in [3.05, 3.63) is 41.6 Å². The predicted molar refractivity (Wildman–Crippen MR) is 82.9 cm³/mol. The summed E-state index contributed by atoms with van der Waals surface area (Å²) >= 11 is 0. The molecule has 0 unspecified atom stereocenters. The van der Waals surface area contributed by atoms with Gasteiger partial charge in [-0.15, -0.1) is 0 Å². The van der Waals surface area contributed by atoms with Gasteiger partial charge in [0.1, 0.15) is 17.2 Å². The highest BCUT2D eigenvalue weighted by Crippen LogP contribution is 2.21. The third kappa shape index (κ3) is 3.64. The maximum absolute atomic E-state index is 12.0. The molecule has 0 aliphatic heterocycles. The largest absolute Gasteiger partial charge is 0.444 e. The Labute approximate surface area is 129 Å². The quantitative estimate of drug-likeness (QED) is 0.921. The van der Waals surface area contributed by atoms with Crippen molar-refractivity contribution in [2.24, 2.45) is 0 Å². The highest BCUT2D eigenvalue weighted by Gasteiger charge is 2.20. The summed E-state index contributed by atoms with van der Waals surface area (Å²) < 4.78 is 6.73. The number of aryl methyl sites for hydroxylation is 1. The SMILES string of the molecule is Cc1cccc(-n2ncc(C#N)c2NC(=O)OC(C)(C)C)c1. The molecule has 0 bridgehead atoms. The van der Waals surface area contributed by atoms with Gasteiger partial charge in [-0.05, 0) is 45.4 Å². The molecule has 0 fully saturated rings. The number of carbonyl (C=O) groups is 1. The Morgan fingerprint density at radius 1 is 1.41 bits per heavy atom. The minimum Gasteiger partial charge on any atom is -0.444 e. The molecular weight excluding hydrogens is 280 g/mol. The molecule has 6 heteroatoms. The lowest BCUT2D eigenvalue weighted by atomic mass is 10.2. The minimum atomic E-state index is -0.626. The first-order valence-corrected chi connectivity index (χ1v) is 6.85. The van der Waals surface area contributed by atoms with Crippen molar-refractivity contribution < 1.29 is 9.53 Å². The van der Waals surface area contributed by atoms with Crippen LogP contribution in [0.2, 0.25) is 0 Å². The van der Waals surface area contributed by atoms with E-state index in [-0.39, 0.29) is 5.56 Å². The van der Waals surface area contributed by atoms with E-state index in [4.69, 9.17) is 4.74 Å². The van der Waals surface area contributed by atoms with Gasteiger partial charge in [-0.25, -0.2) is 9.48 Å². The van der Waals surface area contributed by atoms with E-state index in [0.717, 1.165) is 11.3 Å². The van der Waals surface area contributed by atoms with Gasteiger partial charge >= 0.3 is 6.09 Å². The molecule has 0 aliphatic carbocycles. The van der Waals surface area contributed by atoms with E-state index >= 15 is 0 Å². The van der Waals surface area contributed by atoms with Crippen molar-refractivity contribution in [1.29, 1.82) is 5.26 Å². The second kappa shape index (κ2) is 5.90. The Hall–Kier alpha value is -2.81. The van der Waals surface area contributed by atoms with Crippen LogP contribution >= 0.6 is 0 Å². The molecule has 0 atom stereocenters. The highest BCUT2D eigenvalue weighted by molar-refractivity contribution is 5.86. The summed E-state index contributed by atoms with van der Waals surface area (Å²) in [4.78, 5) is 12.0. The third-order valence-corrected chi connectivity index (χ3v) is 2.76. The molecule has 22 heavy (non-hydrogen) atoms. The van der Waals surface area contributed by atoms with Gasteiger partial charge in [0.15, 0.2) is 5.82 Å². The van der Waals surface area contributed by atoms with Crippen molar-refractivity contribution >= 4 is 11.9 Å². The number of nitriles is 1. The lowest BCUT2D eigenvalue weighted by molar-refractivity contribution is 0.0635.